The van der Waals surface area contributed by atoms with Crippen LogP contribution in [-0.4, -0.2) is 25.1 Å². The molecular formula is C12H16N2O2. The van der Waals surface area contributed by atoms with E-state index in [-0.39, 0.29) is 11.9 Å². The second-order valence-electron chi connectivity index (χ2n) is 4.05. The van der Waals surface area contributed by atoms with E-state index in [1.54, 1.807) is 4.90 Å². The summed E-state index contributed by atoms with van der Waals surface area (Å²) in [6.45, 7) is 2.85. The summed E-state index contributed by atoms with van der Waals surface area (Å²) in [5.41, 5.74) is 6.58. The molecule has 1 amide bonds. The van der Waals surface area contributed by atoms with Crippen LogP contribution in [0.2, 0.25) is 0 Å². The molecule has 0 aliphatic carbocycles. The van der Waals surface area contributed by atoms with E-state index in [0.717, 1.165) is 11.4 Å². The van der Waals surface area contributed by atoms with Crippen molar-refractivity contribution in [1.82, 2.24) is 0 Å². The van der Waals surface area contributed by atoms with Gasteiger partial charge in [-0.05, 0) is 19.1 Å². The molecule has 0 radical (unpaired) electrons. The molecule has 0 saturated carbocycles. The first-order valence-corrected chi connectivity index (χ1v) is 5.46. The monoisotopic (exact) mass is 220 g/mol. The molecule has 1 aromatic carbocycles. The van der Waals surface area contributed by atoms with Gasteiger partial charge in [0.15, 0.2) is 0 Å². The van der Waals surface area contributed by atoms with Crippen LogP contribution in [0.5, 0.6) is 5.75 Å². The molecule has 1 heterocycles. The van der Waals surface area contributed by atoms with Crippen molar-refractivity contribution in [3.05, 3.63) is 24.3 Å². The van der Waals surface area contributed by atoms with Crippen LogP contribution in [0.1, 0.15) is 13.3 Å². The minimum absolute atomic E-state index is 0.0462. The third-order valence-electron chi connectivity index (χ3n) is 2.50. The van der Waals surface area contributed by atoms with Gasteiger partial charge in [0.25, 0.3) is 0 Å². The lowest BCUT2D eigenvalue weighted by atomic mass is 10.2. The van der Waals surface area contributed by atoms with Crippen LogP contribution < -0.4 is 15.4 Å². The highest BCUT2D eigenvalue weighted by molar-refractivity contribution is 5.95. The molecule has 1 aromatic rings. The second-order valence-corrected chi connectivity index (χ2v) is 4.05. The number of ether oxygens (including phenoxy) is 1. The fourth-order valence-corrected chi connectivity index (χ4v) is 1.81. The summed E-state index contributed by atoms with van der Waals surface area (Å²) in [6, 6.07) is 7.52. The molecular weight excluding hydrogens is 204 g/mol. The summed E-state index contributed by atoms with van der Waals surface area (Å²) in [4.78, 5) is 13.6. The predicted octanol–water partition coefficient (Wildman–Crippen LogP) is 1.15. The summed E-state index contributed by atoms with van der Waals surface area (Å²) < 4.78 is 5.53. The lowest BCUT2D eigenvalue weighted by Gasteiger charge is -2.23. The molecule has 0 unspecified atom stereocenters. The van der Waals surface area contributed by atoms with Crippen LogP contribution in [-0.2, 0) is 4.79 Å². The van der Waals surface area contributed by atoms with E-state index in [1.807, 2.05) is 31.2 Å². The number of hydrogen-bond acceptors (Lipinski definition) is 3. The number of rotatable bonds is 2. The summed E-state index contributed by atoms with van der Waals surface area (Å²) >= 11 is 0. The number of hydrogen-bond donors (Lipinski definition) is 1. The van der Waals surface area contributed by atoms with Gasteiger partial charge in [-0.15, -0.1) is 0 Å². The Morgan fingerprint density at radius 3 is 3.00 bits per heavy atom. The first kappa shape index (κ1) is 11.0. The maximum Gasteiger partial charge on any atom is 0.230 e. The van der Waals surface area contributed by atoms with Gasteiger partial charge in [-0.2, -0.15) is 0 Å². The molecule has 0 saturated heterocycles. The standard InChI is InChI=1S/C12H16N2O2/c1-9(13)8-14-10-4-2-3-5-11(10)16-7-6-12(14)15/h2-5,9H,6-8,13H2,1H3/t9-/m1/s1. The summed E-state index contributed by atoms with van der Waals surface area (Å²) in [7, 11) is 0. The molecule has 0 spiro atoms. The average Bonchev–Trinajstić information content (AvgIpc) is 2.40. The number of benzene rings is 1. The smallest absolute Gasteiger partial charge is 0.230 e. The molecule has 86 valence electrons. The molecule has 1 aliphatic heterocycles. The third kappa shape index (κ3) is 2.17. The van der Waals surface area contributed by atoms with E-state index in [2.05, 4.69) is 0 Å². The van der Waals surface area contributed by atoms with Crippen LogP contribution in [0.3, 0.4) is 0 Å². The Labute approximate surface area is 95.0 Å². The Morgan fingerprint density at radius 2 is 2.25 bits per heavy atom. The SMILES string of the molecule is C[C@@H](N)CN1C(=O)CCOc2ccccc21. The Kier molecular flexibility index (Phi) is 3.10. The minimum atomic E-state index is -0.0462. The van der Waals surface area contributed by atoms with Crippen LogP contribution in [0.4, 0.5) is 5.69 Å². The van der Waals surface area contributed by atoms with Crippen molar-refractivity contribution >= 4 is 11.6 Å². The Bertz CT molecular complexity index is 390. The number of fused-ring (bicyclic) bond motifs is 1. The largest absolute Gasteiger partial charge is 0.491 e. The molecule has 4 nitrogen and oxygen atoms in total. The van der Waals surface area contributed by atoms with Crippen molar-refractivity contribution in [1.29, 1.82) is 0 Å². The van der Waals surface area contributed by atoms with E-state index >= 15 is 0 Å². The van der Waals surface area contributed by atoms with Gasteiger partial charge in [0.2, 0.25) is 5.91 Å². The van der Waals surface area contributed by atoms with Crippen molar-refractivity contribution in [3.8, 4) is 5.75 Å². The van der Waals surface area contributed by atoms with E-state index in [4.69, 9.17) is 10.5 Å². The van der Waals surface area contributed by atoms with Crippen molar-refractivity contribution in [2.75, 3.05) is 18.1 Å². The van der Waals surface area contributed by atoms with E-state index < -0.39 is 0 Å². The fourth-order valence-electron chi connectivity index (χ4n) is 1.81. The van der Waals surface area contributed by atoms with Gasteiger partial charge in [-0.25, -0.2) is 0 Å². The molecule has 2 N–H and O–H groups in total. The molecule has 1 atom stereocenters. The number of nitrogens with zero attached hydrogens (tertiary/aromatic N) is 1. The molecule has 0 aromatic heterocycles. The molecule has 4 heteroatoms. The normalized spacial score (nSPS) is 17.4. The first-order chi connectivity index (χ1) is 7.68. The number of carbonyl (C=O) groups is 1. The van der Waals surface area contributed by atoms with Crippen molar-refractivity contribution in [3.63, 3.8) is 0 Å². The van der Waals surface area contributed by atoms with Crippen LogP contribution in [0.15, 0.2) is 24.3 Å². The highest BCUT2D eigenvalue weighted by Crippen LogP contribution is 2.30. The van der Waals surface area contributed by atoms with E-state index in [9.17, 15) is 4.79 Å². The summed E-state index contributed by atoms with van der Waals surface area (Å²) in [5, 5.41) is 0. The number of anilines is 1. The predicted molar refractivity (Wildman–Crippen MR) is 62.6 cm³/mol. The molecule has 1 aliphatic rings. The zero-order chi connectivity index (χ0) is 11.5. The van der Waals surface area contributed by atoms with Crippen molar-refractivity contribution in [2.24, 2.45) is 5.73 Å². The van der Waals surface area contributed by atoms with Gasteiger partial charge in [-0.1, -0.05) is 12.1 Å². The van der Waals surface area contributed by atoms with Gasteiger partial charge in [0.05, 0.1) is 18.7 Å². The zero-order valence-corrected chi connectivity index (χ0v) is 9.35. The van der Waals surface area contributed by atoms with Crippen LogP contribution >= 0.6 is 0 Å². The topological polar surface area (TPSA) is 55.6 Å². The zero-order valence-electron chi connectivity index (χ0n) is 9.35. The highest BCUT2D eigenvalue weighted by atomic mass is 16.5. The number of para-hydroxylation sites is 2. The van der Waals surface area contributed by atoms with Crippen molar-refractivity contribution in [2.45, 2.75) is 19.4 Å². The van der Waals surface area contributed by atoms with Crippen molar-refractivity contribution < 1.29 is 9.53 Å². The second kappa shape index (κ2) is 4.53. The lowest BCUT2D eigenvalue weighted by molar-refractivity contribution is -0.118. The maximum absolute atomic E-state index is 11.9. The van der Waals surface area contributed by atoms with Gasteiger partial charge < -0.3 is 15.4 Å². The number of amides is 1. The summed E-state index contributed by atoms with van der Waals surface area (Å²) in [5.74, 6) is 0.830. The Hall–Kier alpha value is -1.55. The lowest BCUT2D eigenvalue weighted by Crippen LogP contribution is -2.39. The Morgan fingerprint density at radius 1 is 1.50 bits per heavy atom. The molecule has 0 fully saturated rings. The van der Waals surface area contributed by atoms with E-state index in [0.29, 0.717) is 19.6 Å². The molecule has 0 bridgehead atoms. The highest BCUT2D eigenvalue weighted by Gasteiger charge is 2.23. The van der Waals surface area contributed by atoms with Gasteiger partial charge in [0, 0.05) is 12.6 Å². The van der Waals surface area contributed by atoms with Gasteiger partial charge in [0.1, 0.15) is 5.75 Å². The maximum atomic E-state index is 11.9. The minimum Gasteiger partial charge on any atom is -0.491 e. The molecule has 2 rings (SSSR count). The first-order valence-electron chi connectivity index (χ1n) is 5.46. The van der Waals surface area contributed by atoms with Gasteiger partial charge >= 0.3 is 0 Å². The van der Waals surface area contributed by atoms with Gasteiger partial charge in [-0.3, -0.25) is 4.79 Å². The summed E-state index contributed by atoms with van der Waals surface area (Å²) in [6.07, 6.45) is 0.404. The molecule has 16 heavy (non-hydrogen) atoms. The third-order valence-corrected chi connectivity index (χ3v) is 2.50. The Balaban J connectivity index is 2.36. The fraction of sp³-hybridized carbons (Fsp3) is 0.417. The number of nitrogens with two attached hydrogens (primary N) is 1. The van der Waals surface area contributed by atoms with E-state index in [1.165, 1.54) is 0 Å². The van der Waals surface area contributed by atoms with Crippen LogP contribution in [0, 0.1) is 0 Å². The van der Waals surface area contributed by atoms with Crippen LogP contribution in [0.25, 0.3) is 0 Å². The average molecular weight is 220 g/mol. The quantitative estimate of drug-likeness (QED) is 0.813. The number of carbonyl (C=O) groups excluding carboxylic acids is 1.